The van der Waals surface area contributed by atoms with E-state index in [1.807, 2.05) is 0 Å². The molecule has 0 saturated heterocycles. The minimum atomic E-state index is -1.49. The smallest absolute Gasteiger partial charge is 0.251 e. The summed E-state index contributed by atoms with van der Waals surface area (Å²) in [7, 11) is 0. The monoisotopic (exact) mass is 282 g/mol. The van der Waals surface area contributed by atoms with Crippen LogP contribution in [0, 0.1) is 0 Å². The molecule has 0 bridgehead atoms. The van der Waals surface area contributed by atoms with Gasteiger partial charge in [-0.25, -0.2) is 0 Å². The molecule has 1 aromatic carbocycles. The van der Waals surface area contributed by atoms with E-state index >= 15 is 0 Å². The first kappa shape index (κ1) is 16.1. The van der Waals surface area contributed by atoms with Gasteiger partial charge in [0.15, 0.2) is 0 Å². The van der Waals surface area contributed by atoms with Gasteiger partial charge in [0.1, 0.15) is 5.54 Å². The molecule has 0 saturated carbocycles. The quantitative estimate of drug-likeness (QED) is 0.406. The molecule has 0 aliphatic rings. The number of hydrogen-bond donors (Lipinski definition) is 5. The topological polar surface area (TPSA) is 119 Å². The van der Waals surface area contributed by atoms with Crippen molar-refractivity contribution < 1.29 is 24.9 Å². The van der Waals surface area contributed by atoms with Crippen LogP contribution >= 0.6 is 0 Å². The Morgan fingerprint density at radius 3 is 2.05 bits per heavy atom. The van der Waals surface area contributed by atoms with Crippen LogP contribution in [0.4, 0.5) is 0 Å². The van der Waals surface area contributed by atoms with Crippen LogP contribution in [0.3, 0.4) is 0 Å². The van der Waals surface area contributed by atoms with Gasteiger partial charge < -0.3 is 26.0 Å². The second-order valence-corrected chi connectivity index (χ2v) is 4.35. The van der Waals surface area contributed by atoms with Crippen molar-refractivity contribution in [2.75, 3.05) is 26.4 Å². The largest absolute Gasteiger partial charge is 0.394 e. The molecule has 0 unspecified atom stereocenters. The molecule has 0 aliphatic carbocycles. The first-order chi connectivity index (χ1) is 9.56. The first-order valence-electron chi connectivity index (χ1n) is 6.04. The summed E-state index contributed by atoms with van der Waals surface area (Å²) < 4.78 is 0. The predicted molar refractivity (Wildman–Crippen MR) is 70.9 cm³/mol. The van der Waals surface area contributed by atoms with Gasteiger partial charge in [-0.2, -0.15) is 0 Å². The highest BCUT2D eigenvalue weighted by molar-refractivity contribution is 5.96. The highest BCUT2D eigenvalue weighted by atomic mass is 16.3. The molecule has 1 aromatic rings. The Balaban J connectivity index is 2.50. The zero-order chi connectivity index (χ0) is 15.0. The van der Waals surface area contributed by atoms with Gasteiger partial charge in [-0.05, 0) is 12.1 Å². The Kier molecular flexibility index (Phi) is 6.10. The molecule has 20 heavy (non-hydrogen) atoms. The number of rotatable bonds is 7. The lowest BCUT2D eigenvalue weighted by atomic mass is 10.0. The van der Waals surface area contributed by atoms with E-state index in [1.54, 1.807) is 30.3 Å². The van der Waals surface area contributed by atoms with E-state index in [1.165, 1.54) is 0 Å². The third-order valence-electron chi connectivity index (χ3n) is 2.76. The van der Waals surface area contributed by atoms with Gasteiger partial charge in [0, 0.05) is 5.56 Å². The molecule has 7 heteroatoms. The van der Waals surface area contributed by atoms with E-state index in [4.69, 9.17) is 15.3 Å². The summed E-state index contributed by atoms with van der Waals surface area (Å²) in [5.41, 5.74) is -1.08. The average molecular weight is 282 g/mol. The Labute approximate surface area is 116 Å². The van der Waals surface area contributed by atoms with Crippen LogP contribution in [0.1, 0.15) is 10.4 Å². The van der Waals surface area contributed by atoms with E-state index in [0.29, 0.717) is 5.56 Å². The Morgan fingerprint density at radius 1 is 1.00 bits per heavy atom. The second-order valence-electron chi connectivity index (χ2n) is 4.35. The van der Waals surface area contributed by atoms with Crippen LogP contribution in [-0.2, 0) is 4.79 Å². The van der Waals surface area contributed by atoms with E-state index in [0.717, 1.165) is 0 Å². The summed E-state index contributed by atoms with van der Waals surface area (Å²) >= 11 is 0. The molecule has 0 atom stereocenters. The van der Waals surface area contributed by atoms with Crippen LogP contribution in [0.15, 0.2) is 30.3 Å². The minimum absolute atomic E-state index is 0.324. The van der Waals surface area contributed by atoms with Gasteiger partial charge in [0.25, 0.3) is 5.91 Å². The zero-order valence-electron chi connectivity index (χ0n) is 10.9. The predicted octanol–water partition coefficient (Wildman–Crippen LogP) is -1.75. The van der Waals surface area contributed by atoms with Gasteiger partial charge >= 0.3 is 0 Å². The van der Waals surface area contributed by atoms with Crippen LogP contribution in [0.5, 0.6) is 0 Å². The van der Waals surface area contributed by atoms with Crippen molar-refractivity contribution in [1.82, 2.24) is 10.6 Å². The molecule has 0 aromatic heterocycles. The highest BCUT2D eigenvalue weighted by Crippen LogP contribution is 2.01. The molecule has 0 heterocycles. The lowest BCUT2D eigenvalue weighted by Gasteiger charge is -2.28. The van der Waals surface area contributed by atoms with Gasteiger partial charge in [0.2, 0.25) is 5.91 Å². The van der Waals surface area contributed by atoms with E-state index in [2.05, 4.69) is 10.6 Å². The van der Waals surface area contributed by atoms with Crippen LogP contribution in [-0.4, -0.2) is 59.0 Å². The molecular formula is C13H18N2O5. The normalized spacial score (nSPS) is 10.9. The SMILES string of the molecule is O=C(CNC(=O)c1ccccc1)NC(CO)(CO)CO. The van der Waals surface area contributed by atoms with Crippen LogP contribution in [0.25, 0.3) is 0 Å². The second kappa shape index (κ2) is 7.59. The summed E-state index contributed by atoms with van der Waals surface area (Å²) in [6.07, 6.45) is 0. The van der Waals surface area contributed by atoms with Crippen molar-refractivity contribution >= 4 is 11.8 Å². The maximum atomic E-state index is 11.7. The first-order valence-corrected chi connectivity index (χ1v) is 6.04. The van der Waals surface area contributed by atoms with E-state index in [-0.39, 0.29) is 6.54 Å². The van der Waals surface area contributed by atoms with Crippen molar-refractivity contribution in [3.63, 3.8) is 0 Å². The summed E-state index contributed by atoms with van der Waals surface area (Å²) in [5, 5.41) is 31.9. The third kappa shape index (κ3) is 4.30. The Morgan fingerprint density at radius 2 is 1.55 bits per heavy atom. The van der Waals surface area contributed by atoms with E-state index in [9.17, 15) is 9.59 Å². The van der Waals surface area contributed by atoms with E-state index < -0.39 is 37.2 Å². The molecular weight excluding hydrogens is 264 g/mol. The van der Waals surface area contributed by atoms with Gasteiger partial charge in [-0.15, -0.1) is 0 Å². The van der Waals surface area contributed by atoms with Crippen molar-refractivity contribution in [2.24, 2.45) is 0 Å². The number of hydrogen-bond acceptors (Lipinski definition) is 5. The number of nitrogens with one attached hydrogen (secondary N) is 2. The standard InChI is InChI=1S/C13H18N2O5/c16-7-13(8-17,9-18)15-11(19)6-14-12(20)10-4-2-1-3-5-10/h1-5,16-18H,6-9H2,(H,14,20)(H,15,19). The van der Waals surface area contributed by atoms with Crippen molar-refractivity contribution in [3.8, 4) is 0 Å². The number of carbonyl (C=O) groups excluding carboxylic acids is 2. The highest BCUT2D eigenvalue weighted by Gasteiger charge is 2.29. The summed E-state index contributed by atoms with van der Waals surface area (Å²) in [6, 6.07) is 8.37. The molecule has 2 amide bonds. The number of benzene rings is 1. The number of aliphatic hydroxyl groups excluding tert-OH is 3. The number of aliphatic hydroxyl groups is 3. The summed E-state index contributed by atoms with van der Waals surface area (Å²) in [6.45, 7) is -2.16. The molecule has 7 nitrogen and oxygen atoms in total. The molecule has 0 spiro atoms. The molecule has 1 rings (SSSR count). The van der Waals surface area contributed by atoms with Crippen molar-refractivity contribution in [2.45, 2.75) is 5.54 Å². The lowest BCUT2D eigenvalue weighted by Crippen LogP contribution is -2.58. The fourth-order valence-electron chi connectivity index (χ4n) is 1.46. The van der Waals surface area contributed by atoms with Crippen molar-refractivity contribution in [1.29, 1.82) is 0 Å². The zero-order valence-corrected chi connectivity index (χ0v) is 10.9. The number of carbonyl (C=O) groups is 2. The van der Waals surface area contributed by atoms with Gasteiger partial charge in [-0.3, -0.25) is 9.59 Å². The third-order valence-corrected chi connectivity index (χ3v) is 2.76. The van der Waals surface area contributed by atoms with Crippen LogP contribution in [0.2, 0.25) is 0 Å². The van der Waals surface area contributed by atoms with Crippen LogP contribution < -0.4 is 10.6 Å². The molecule has 0 radical (unpaired) electrons. The van der Waals surface area contributed by atoms with Gasteiger partial charge in [0.05, 0.1) is 26.4 Å². The van der Waals surface area contributed by atoms with Gasteiger partial charge in [-0.1, -0.05) is 18.2 Å². The summed E-state index contributed by atoms with van der Waals surface area (Å²) in [4.78, 5) is 23.3. The number of amides is 2. The molecule has 5 N–H and O–H groups in total. The maximum Gasteiger partial charge on any atom is 0.251 e. The summed E-state index contributed by atoms with van der Waals surface area (Å²) in [5.74, 6) is -1.03. The average Bonchev–Trinajstić information content (AvgIpc) is 2.51. The minimum Gasteiger partial charge on any atom is -0.394 e. The fraction of sp³-hybridized carbons (Fsp3) is 0.385. The molecule has 110 valence electrons. The molecule has 0 fully saturated rings. The fourth-order valence-corrected chi connectivity index (χ4v) is 1.46. The Hall–Kier alpha value is -1.96. The Bertz CT molecular complexity index is 437. The van der Waals surface area contributed by atoms with Crippen molar-refractivity contribution in [3.05, 3.63) is 35.9 Å². The maximum absolute atomic E-state index is 11.7. The molecule has 0 aliphatic heterocycles. The lowest BCUT2D eigenvalue weighted by molar-refractivity contribution is -0.124.